The lowest BCUT2D eigenvalue weighted by molar-refractivity contribution is -0.346. The number of rotatable bonds is 13. The van der Waals surface area contributed by atoms with E-state index in [-0.39, 0.29) is 41.8 Å². The van der Waals surface area contributed by atoms with E-state index < -0.39 is 119 Å². The number of aliphatic hydroxyl groups is 2. The van der Waals surface area contributed by atoms with Crippen molar-refractivity contribution in [2.45, 2.75) is 108 Å². The molecule has 17 nitrogen and oxygen atoms in total. The summed E-state index contributed by atoms with van der Waals surface area (Å²) in [5.74, 6) is -7.74. The maximum absolute atomic E-state index is 16.0. The zero-order valence-corrected chi connectivity index (χ0v) is 39.3. The number of hydrogen-bond acceptors (Lipinski definition) is 16. The lowest BCUT2D eigenvalue weighted by atomic mass is 9.44. The van der Waals surface area contributed by atoms with Crippen LogP contribution < -0.4 is 5.32 Å². The molecular formula is C51H58N2O15. The van der Waals surface area contributed by atoms with Crippen molar-refractivity contribution in [1.82, 2.24) is 10.2 Å². The third kappa shape index (κ3) is 8.83. The fourth-order valence-corrected chi connectivity index (χ4v) is 10.8. The van der Waals surface area contributed by atoms with Gasteiger partial charge in [-0.3, -0.25) is 28.9 Å². The van der Waals surface area contributed by atoms with Gasteiger partial charge in [-0.2, -0.15) is 0 Å². The molecule has 4 aliphatic rings. The van der Waals surface area contributed by atoms with Crippen molar-refractivity contribution in [2.24, 2.45) is 16.7 Å². The average Bonchev–Trinajstić information content (AvgIpc) is 3.28. The first kappa shape index (κ1) is 49.6. The van der Waals surface area contributed by atoms with E-state index in [1.165, 1.54) is 26.0 Å². The maximum Gasteiger partial charge on any atom is 0.338 e. The SMILES string of the molecule is CC(=O)O[C@H]1C(=O)[C@@]2(C)C(C(OC(=O)c3ccccc3)[C@]3(O)C[C@H](OC(=O)[C@H](O)[C@@H](NC(=O)c4ccccc4)c4ccccc4)C(C)=C1C3(C)C)[C@]1(OC(C)=O)COC1C[C@@H]2OC(=O)CN(C)C. The molecule has 0 aromatic heterocycles. The van der Waals surface area contributed by atoms with Crippen molar-refractivity contribution < 1.29 is 72.2 Å². The summed E-state index contributed by atoms with van der Waals surface area (Å²) in [5, 5.41) is 28.6. The molecule has 3 aromatic rings. The zero-order valence-electron chi connectivity index (χ0n) is 39.3. The summed E-state index contributed by atoms with van der Waals surface area (Å²) in [7, 11) is 3.28. The number of Topliss-reactive ketones (excluding diaryl/α,β-unsaturated/α-hetero) is 1. The topological polar surface area (TPSA) is 231 Å². The minimum absolute atomic E-state index is 0.0250. The average molecular weight is 939 g/mol. The van der Waals surface area contributed by atoms with E-state index in [4.69, 9.17) is 28.4 Å². The molecule has 1 saturated heterocycles. The van der Waals surface area contributed by atoms with Crippen LogP contribution in [0, 0.1) is 16.7 Å². The highest BCUT2D eigenvalue weighted by atomic mass is 16.6. The van der Waals surface area contributed by atoms with Gasteiger partial charge in [-0.05, 0) is 68.9 Å². The van der Waals surface area contributed by atoms with E-state index in [2.05, 4.69) is 5.32 Å². The van der Waals surface area contributed by atoms with E-state index in [1.807, 2.05) is 0 Å². The van der Waals surface area contributed by atoms with Gasteiger partial charge >= 0.3 is 29.8 Å². The highest BCUT2D eigenvalue weighted by molar-refractivity contribution is 5.96. The zero-order chi connectivity index (χ0) is 49.5. The number of benzene rings is 3. The lowest BCUT2D eigenvalue weighted by Crippen LogP contribution is -2.82. The first-order valence-electron chi connectivity index (χ1n) is 22.4. The van der Waals surface area contributed by atoms with Crippen LogP contribution in [0.15, 0.2) is 102 Å². The first-order valence-corrected chi connectivity index (χ1v) is 22.4. The number of nitrogens with one attached hydrogen (secondary N) is 1. The summed E-state index contributed by atoms with van der Waals surface area (Å²) >= 11 is 0. The molecule has 0 spiro atoms. The molecular weight excluding hydrogens is 881 g/mol. The Morgan fingerprint density at radius 3 is 1.96 bits per heavy atom. The number of carbonyl (C=O) groups is 7. The van der Waals surface area contributed by atoms with Crippen molar-refractivity contribution in [3.63, 3.8) is 0 Å². The summed E-state index contributed by atoms with van der Waals surface area (Å²) in [6.45, 7) is 7.76. The summed E-state index contributed by atoms with van der Waals surface area (Å²) in [5.41, 5.74) is -7.31. The summed E-state index contributed by atoms with van der Waals surface area (Å²) in [6, 6.07) is 22.9. The van der Waals surface area contributed by atoms with E-state index >= 15 is 4.79 Å². The van der Waals surface area contributed by atoms with Gasteiger partial charge in [0.1, 0.15) is 30.0 Å². The third-order valence-electron chi connectivity index (χ3n) is 14.2. The Kier molecular flexibility index (Phi) is 13.9. The van der Waals surface area contributed by atoms with Crippen molar-refractivity contribution in [1.29, 1.82) is 0 Å². The number of nitrogens with zero attached hydrogens (tertiary/aromatic N) is 1. The highest BCUT2D eigenvalue weighted by Crippen LogP contribution is 2.65. The van der Waals surface area contributed by atoms with Crippen molar-refractivity contribution in [3.05, 3.63) is 119 Å². The molecule has 0 radical (unpaired) electrons. The molecule has 3 fully saturated rings. The summed E-state index contributed by atoms with van der Waals surface area (Å²) in [4.78, 5) is 100. The molecule has 1 aliphatic heterocycles. The van der Waals surface area contributed by atoms with Crippen LogP contribution in [-0.2, 0) is 52.4 Å². The van der Waals surface area contributed by atoms with Crippen LogP contribution in [0.5, 0.6) is 0 Å². The van der Waals surface area contributed by atoms with Crippen LogP contribution >= 0.6 is 0 Å². The van der Waals surface area contributed by atoms with Crippen LogP contribution in [0.4, 0.5) is 0 Å². The highest BCUT2D eigenvalue weighted by Gasteiger charge is 2.79. The molecule has 68 heavy (non-hydrogen) atoms. The first-order chi connectivity index (χ1) is 32.1. The van der Waals surface area contributed by atoms with Crippen LogP contribution in [0.2, 0.25) is 0 Å². The van der Waals surface area contributed by atoms with Crippen LogP contribution in [-0.4, -0.2) is 132 Å². The number of aliphatic hydroxyl groups excluding tert-OH is 1. The molecule has 17 heteroatoms. The number of hydrogen-bond donors (Lipinski definition) is 3. The Bertz CT molecular complexity index is 2480. The van der Waals surface area contributed by atoms with E-state index in [0.29, 0.717) is 5.56 Å². The third-order valence-corrected chi connectivity index (χ3v) is 14.2. The molecule has 3 N–H and O–H groups in total. The van der Waals surface area contributed by atoms with Crippen LogP contribution in [0.3, 0.4) is 0 Å². The Morgan fingerprint density at radius 1 is 0.824 bits per heavy atom. The van der Waals surface area contributed by atoms with Gasteiger partial charge in [0.05, 0.1) is 36.1 Å². The summed E-state index contributed by atoms with van der Waals surface area (Å²) < 4.78 is 37.1. The Hall–Kier alpha value is -6.27. The molecule has 1 heterocycles. The quantitative estimate of drug-likeness (QED) is 0.126. The van der Waals surface area contributed by atoms with Crippen molar-refractivity contribution in [2.75, 3.05) is 27.2 Å². The lowest BCUT2D eigenvalue weighted by Gasteiger charge is -2.67. The van der Waals surface area contributed by atoms with E-state index in [0.717, 1.165) is 13.8 Å². The Balaban J connectivity index is 1.42. The molecule has 2 bridgehead atoms. The van der Waals surface area contributed by atoms with Gasteiger partial charge in [-0.25, -0.2) is 9.59 Å². The van der Waals surface area contributed by atoms with Crippen molar-refractivity contribution >= 4 is 41.5 Å². The largest absolute Gasteiger partial charge is 0.460 e. The maximum atomic E-state index is 16.0. The second-order valence-corrected chi connectivity index (χ2v) is 19.1. The predicted molar refractivity (Wildman–Crippen MR) is 240 cm³/mol. The van der Waals surface area contributed by atoms with Gasteiger partial charge in [-0.1, -0.05) is 80.6 Å². The molecule has 362 valence electrons. The fourth-order valence-electron chi connectivity index (χ4n) is 10.8. The molecule has 3 aliphatic carbocycles. The Morgan fingerprint density at radius 2 is 1.41 bits per heavy atom. The van der Waals surface area contributed by atoms with E-state index in [1.54, 1.807) is 112 Å². The monoisotopic (exact) mass is 938 g/mol. The minimum Gasteiger partial charge on any atom is -0.460 e. The van der Waals surface area contributed by atoms with E-state index in [9.17, 15) is 39.0 Å². The summed E-state index contributed by atoms with van der Waals surface area (Å²) in [6.07, 6.45) is -10.6. The minimum atomic E-state index is -2.45. The number of esters is 5. The van der Waals surface area contributed by atoms with Gasteiger partial charge in [0.25, 0.3) is 5.91 Å². The Labute approximate surface area is 394 Å². The van der Waals surface area contributed by atoms with Gasteiger partial charge in [-0.15, -0.1) is 0 Å². The number of likely N-dealkylation sites (N-methyl/N-ethyl adjacent to an activating group) is 1. The van der Waals surface area contributed by atoms with Gasteiger partial charge in [0.15, 0.2) is 23.6 Å². The number of amides is 1. The van der Waals surface area contributed by atoms with Crippen LogP contribution in [0.1, 0.15) is 86.7 Å². The number of carbonyl (C=O) groups excluding carboxylic acids is 7. The predicted octanol–water partition coefficient (Wildman–Crippen LogP) is 3.85. The molecule has 3 aromatic carbocycles. The second-order valence-electron chi connectivity index (χ2n) is 19.1. The van der Waals surface area contributed by atoms with Crippen molar-refractivity contribution in [3.8, 4) is 0 Å². The normalized spacial score (nSPS) is 30.1. The van der Waals surface area contributed by atoms with Crippen LogP contribution in [0.25, 0.3) is 0 Å². The second kappa shape index (κ2) is 19.0. The fraction of sp³-hybridized carbons (Fsp3) is 0.471. The number of fused-ring (bicyclic) bond motifs is 5. The molecule has 3 unspecified atom stereocenters. The standard InChI is InChI=1S/C51H58N2O15/c1-28-34(65-47(61)40(57)39(31-18-12-9-13-19-31)52-45(59)32-20-14-10-15-21-32)25-51(62)44(67-46(60)33-22-16-11-17-23-33)42-49(6,43(58)41(64-29(2)54)38(28)48(51,4)5)35(66-37(56)26-53(7)8)24-36-50(42,27-63-36)68-30(3)55/h9-23,34-36,39-42,44,57,62H,24-27H2,1-8H3,(H,52,59)/t34-,35-,36?,39-,40+,41+,42?,44?,49+,50-,51+/m0/s1. The van der Waals surface area contributed by atoms with Gasteiger partial charge in [0.2, 0.25) is 0 Å². The number of ether oxygens (including phenoxy) is 6. The van der Waals surface area contributed by atoms with Gasteiger partial charge < -0.3 is 44.0 Å². The molecule has 2 saturated carbocycles. The molecule has 7 rings (SSSR count). The molecule has 11 atom stereocenters. The smallest absolute Gasteiger partial charge is 0.338 e. The molecule has 1 amide bonds. The number of ketones is 1. The van der Waals surface area contributed by atoms with Gasteiger partial charge in [0, 0.05) is 37.7 Å².